The summed E-state index contributed by atoms with van der Waals surface area (Å²) in [6.07, 6.45) is -2.97. The lowest BCUT2D eigenvalue weighted by molar-refractivity contribution is -0.139. The summed E-state index contributed by atoms with van der Waals surface area (Å²) < 4.78 is 62.2. The van der Waals surface area contributed by atoms with Gasteiger partial charge in [0.25, 0.3) is 17.4 Å². The maximum atomic E-state index is 15.5. The molecule has 0 unspecified atom stereocenters. The summed E-state index contributed by atoms with van der Waals surface area (Å²) in [4.78, 5) is 81.4. The van der Waals surface area contributed by atoms with Crippen LogP contribution < -0.4 is 36.6 Å². The van der Waals surface area contributed by atoms with E-state index in [0.717, 1.165) is 4.57 Å². The molecule has 17 nitrogen and oxygen atoms in total. The van der Waals surface area contributed by atoms with E-state index < -0.39 is 74.6 Å². The van der Waals surface area contributed by atoms with Crippen LogP contribution in [0.3, 0.4) is 0 Å². The van der Waals surface area contributed by atoms with Gasteiger partial charge in [-0.1, -0.05) is 47.5 Å². The molecule has 2 fully saturated rings. The van der Waals surface area contributed by atoms with Crippen molar-refractivity contribution in [1.82, 2.24) is 33.5 Å². The zero-order valence-electron chi connectivity index (χ0n) is 35.2. The van der Waals surface area contributed by atoms with Crippen LogP contribution in [0.4, 0.5) is 19.0 Å². The lowest BCUT2D eigenvalue weighted by Gasteiger charge is -2.49. The quantitative estimate of drug-likeness (QED) is 0.132. The monoisotopic (exact) mass is 948 g/mol. The number of alkyl halides is 3. The Balaban J connectivity index is 1.18. The summed E-state index contributed by atoms with van der Waals surface area (Å²) in [6, 6.07) is 13.2. The van der Waals surface area contributed by atoms with Crippen molar-refractivity contribution in [2.75, 3.05) is 26.8 Å². The number of carbonyl (C=O) groups is 2. The molecule has 3 aromatic carbocycles. The molecule has 2 aliphatic heterocycles. The van der Waals surface area contributed by atoms with Crippen LogP contribution >= 0.6 is 23.2 Å². The number of hydrogen-bond donors (Lipinski definition) is 2. The molecule has 2 amide bonds. The SMILES string of the molecule is COc1cc2nc(CCn3c(=O)n4n(c3=O)[C@@H]3C[C@H]5C(=O)N(Nc6ncc(C(F)(F)F)cc6Cl)C(=O)[C@@]5(c5ccc(Cl)cc5)[C@@H](c5ccc(O)cc5OC)C3=CC4)c(=O)n(C)c2cc1OC. The van der Waals surface area contributed by atoms with Crippen LogP contribution in [0.5, 0.6) is 23.0 Å². The summed E-state index contributed by atoms with van der Waals surface area (Å²) in [7, 11) is 5.82. The number of benzene rings is 3. The largest absolute Gasteiger partial charge is 0.508 e. The average molecular weight is 950 g/mol. The number of rotatable bonds is 10. The van der Waals surface area contributed by atoms with Crippen LogP contribution in [0.2, 0.25) is 10.0 Å². The zero-order chi connectivity index (χ0) is 47.1. The third-order valence-corrected chi connectivity index (χ3v) is 13.2. The number of aryl methyl sites for hydroxylation is 2. The average Bonchev–Trinajstić information content (AvgIpc) is 3.66. The highest BCUT2D eigenvalue weighted by Crippen LogP contribution is 2.63. The molecule has 342 valence electrons. The molecule has 1 saturated carbocycles. The molecular weight excluding hydrogens is 912 g/mol. The number of pyridine rings is 1. The molecular formula is C44H37Cl2F3N8O9. The molecule has 22 heteroatoms. The van der Waals surface area contributed by atoms with Crippen molar-refractivity contribution in [3.05, 3.63) is 142 Å². The van der Waals surface area contributed by atoms with E-state index in [2.05, 4.69) is 15.4 Å². The van der Waals surface area contributed by atoms with Crippen LogP contribution in [-0.4, -0.2) is 71.7 Å². The van der Waals surface area contributed by atoms with E-state index in [1.54, 1.807) is 37.4 Å². The van der Waals surface area contributed by atoms with Crippen LogP contribution in [0.1, 0.15) is 40.8 Å². The molecule has 4 atom stereocenters. The highest BCUT2D eigenvalue weighted by Gasteiger charge is 2.69. The number of carbonyl (C=O) groups excluding carboxylic acids is 2. The molecule has 1 saturated heterocycles. The minimum Gasteiger partial charge on any atom is -0.508 e. The number of aromatic nitrogens is 6. The van der Waals surface area contributed by atoms with Crippen molar-refractivity contribution in [3.63, 3.8) is 0 Å². The van der Waals surface area contributed by atoms with Gasteiger partial charge in [-0.05, 0) is 41.8 Å². The first kappa shape index (κ1) is 44.2. The van der Waals surface area contributed by atoms with Crippen LogP contribution in [0.25, 0.3) is 11.0 Å². The summed E-state index contributed by atoms with van der Waals surface area (Å²) in [5, 5.41) is 11.0. The maximum absolute atomic E-state index is 15.5. The van der Waals surface area contributed by atoms with E-state index in [1.165, 1.54) is 65.6 Å². The van der Waals surface area contributed by atoms with Crippen molar-refractivity contribution >= 4 is 51.9 Å². The van der Waals surface area contributed by atoms with Gasteiger partial charge in [0, 0.05) is 60.9 Å². The first-order valence-electron chi connectivity index (χ1n) is 20.2. The predicted octanol–water partition coefficient (Wildman–Crippen LogP) is 5.37. The molecule has 5 heterocycles. The second-order valence-electron chi connectivity index (χ2n) is 15.9. The minimum atomic E-state index is -4.80. The molecule has 2 N–H and O–H groups in total. The minimum absolute atomic E-state index is 0.0618. The van der Waals surface area contributed by atoms with E-state index in [-0.39, 0.29) is 43.1 Å². The summed E-state index contributed by atoms with van der Waals surface area (Å²) in [6.45, 7) is -0.435. The number of fused-ring (bicyclic) bond motifs is 5. The molecule has 0 bridgehead atoms. The number of allylic oxidation sites excluding steroid dienone is 2. The Kier molecular flexibility index (Phi) is 10.8. The number of phenolic OH excluding ortho intramolecular Hbond substituents is 1. The number of imide groups is 1. The van der Waals surface area contributed by atoms with Gasteiger partial charge in [0.2, 0.25) is 0 Å². The summed E-state index contributed by atoms with van der Waals surface area (Å²) in [5.74, 6) is -3.98. The number of methoxy groups -OCH3 is 3. The van der Waals surface area contributed by atoms with Gasteiger partial charge in [-0.25, -0.2) is 33.5 Å². The normalized spacial score (nSPS) is 20.2. The van der Waals surface area contributed by atoms with Gasteiger partial charge in [-0.2, -0.15) is 18.2 Å². The second kappa shape index (κ2) is 16.1. The molecule has 66 heavy (non-hydrogen) atoms. The van der Waals surface area contributed by atoms with Crippen molar-refractivity contribution in [2.24, 2.45) is 13.0 Å². The highest BCUT2D eigenvalue weighted by molar-refractivity contribution is 6.33. The van der Waals surface area contributed by atoms with Crippen LogP contribution in [0, 0.1) is 5.92 Å². The lowest BCUT2D eigenvalue weighted by atomic mass is 9.53. The molecule has 3 aliphatic rings. The number of hydrazine groups is 1. The first-order valence-corrected chi connectivity index (χ1v) is 20.9. The Morgan fingerprint density at radius 2 is 1.61 bits per heavy atom. The van der Waals surface area contributed by atoms with Gasteiger partial charge in [0.05, 0.1) is 66.9 Å². The number of anilines is 1. The smallest absolute Gasteiger partial charge is 0.417 e. The summed E-state index contributed by atoms with van der Waals surface area (Å²) >= 11 is 12.7. The van der Waals surface area contributed by atoms with Gasteiger partial charge in [-0.3, -0.25) is 19.8 Å². The Hall–Kier alpha value is -7.06. The predicted molar refractivity (Wildman–Crippen MR) is 232 cm³/mol. The maximum Gasteiger partial charge on any atom is 0.417 e. The standard InChI is InChI=1S/C44H37Cl2F3N8O9/c1-53-32-19-35(66-4)34(65-3)18-30(32)51-29(39(53)60)12-13-54-41(62)55-14-11-25-31(57(55)42(54)63)17-27-38(59)56(52-37-28(46)15-22(20-50-37)44(47,48)49)40(61)43(27,21-5-7-23(45)8-6-21)36(25)26-10-9-24(58)16-33(26)64-2/h5-11,15-16,18-20,27,31,36,58H,12-14,17H2,1-4H3,(H,50,52)/t27-,31+,36+,43+/m0/s1. The van der Waals surface area contributed by atoms with Crippen molar-refractivity contribution in [1.29, 1.82) is 0 Å². The zero-order valence-corrected chi connectivity index (χ0v) is 36.7. The van der Waals surface area contributed by atoms with Gasteiger partial charge in [-0.15, -0.1) is 0 Å². The van der Waals surface area contributed by atoms with Crippen molar-refractivity contribution < 1.29 is 42.1 Å². The van der Waals surface area contributed by atoms with E-state index in [0.29, 0.717) is 61.5 Å². The number of nitrogens with one attached hydrogen (secondary N) is 1. The third-order valence-electron chi connectivity index (χ3n) is 12.6. The molecule has 1 aliphatic carbocycles. The number of amides is 2. The van der Waals surface area contributed by atoms with E-state index in [1.807, 2.05) is 0 Å². The van der Waals surface area contributed by atoms with Gasteiger partial charge in [0.15, 0.2) is 17.3 Å². The van der Waals surface area contributed by atoms with E-state index >= 15 is 9.59 Å². The van der Waals surface area contributed by atoms with Crippen LogP contribution in [-0.2, 0) is 47.7 Å². The topological polar surface area (TPSA) is 194 Å². The molecule has 3 aromatic heterocycles. The Morgan fingerprint density at radius 3 is 2.27 bits per heavy atom. The fourth-order valence-electron chi connectivity index (χ4n) is 9.66. The molecule has 0 spiro atoms. The highest BCUT2D eigenvalue weighted by atomic mass is 35.5. The number of ether oxygens (including phenoxy) is 3. The fraction of sp³-hybridized carbons (Fsp3) is 0.295. The number of nitrogens with zero attached hydrogens (tertiary/aromatic N) is 7. The van der Waals surface area contributed by atoms with Gasteiger partial charge < -0.3 is 23.9 Å². The first-order chi connectivity index (χ1) is 31.4. The third kappa shape index (κ3) is 6.71. The fourth-order valence-corrected chi connectivity index (χ4v) is 9.99. The number of halogens is 5. The van der Waals surface area contributed by atoms with Crippen molar-refractivity contribution in [2.45, 2.75) is 49.5 Å². The van der Waals surface area contributed by atoms with E-state index in [4.69, 9.17) is 37.4 Å². The second-order valence-corrected chi connectivity index (χ2v) is 16.7. The molecule has 9 rings (SSSR count). The number of aromatic hydroxyl groups is 1. The number of phenols is 1. The molecule has 6 aromatic rings. The van der Waals surface area contributed by atoms with Gasteiger partial charge >= 0.3 is 17.6 Å². The Labute approximate surface area is 380 Å². The van der Waals surface area contributed by atoms with Gasteiger partial charge in [0.1, 0.15) is 17.2 Å². The van der Waals surface area contributed by atoms with Crippen LogP contribution in [0.15, 0.2) is 92.9 Å². The lowest BCUT2D eigenvalue weighted by Crippen LogP contribution is -2.53. The Morgan fingerprint density at radius 1 is 0.909 bits per heavy atom. The van der Waals surface area contributed by atoms with E-state index in [9.17, 15) is 32.7 Å². The molecule has 0 radical (unpaired) electrons. The van der Waals surface area contributed by atoms with Crippen molar-refractivity contribution in [3.8, 4) is 23.0 Å². The number of hydrogen-bond acceptors (Lipinski definition) is 12. The summed E-state index contributed by atoms with van der Waals surface area (Å²) in [5.41, 5.74) is -0.458. The Bertz CT molecular complexity index is 3240.